The molecular weight excluding hydrogens is 254 g/mol. The zero-order chi connectivity index (χ0) is 13.9. The van der Waals surface area contributed by atoms with Crippen molar-refractivity contribution in [1.82, 2.24) is 0 Å². The van der Waals surface area contributed by atoms with Crippen molar-refractivity contribution in [3.8, 4) is 5.75 Å². The third-order valence-electron chi connectivity index (χ3n) is 3.15. The highest BCUT2D eigenvalue weighted by Crippen LogP contribution is 2.36. The molecule has 4 nitrogen and oxygen atoms in total. The molecule has 0 saturated heterocycles. The Morgan fingerprint density at radius 3 is 2.50 bits per heavy atom. The van der Waals surface area contributed by atoms with E-state index >= 15 is 0 Å². The second-order valence-corrected chi connectivity index (χ2v) is 4.45. The van der Waals surface area contributed by atoms with Gasteiger partial charge in [0.1, 0.15) is 5.75 Å². The van der Waals surface area contributed by atoms with E-state index in [4.69, 9.17) is 4.74 Å². The number of para-hydroxylation sites is 2. The average molecular weight is 267 g/mol. The maximum atomic E-state index is 11.4. The Balaban J connectivity index is 2.00. The van der Waals surface area contributed by atoms with Gasteiger partial charge in [-0.15, -0.1) is 0 Å². The lowest BCUT2D eigenvalue weighted by atomic mass is 9.97. The van der Waals surface area contributed by atoms with E-state index in [2.05, 4.69) is 5.32 Å². The van der Waals surface area contributed by atoms with Crippen LogP contribution >= 0.6 is 0 Å². The van der Waals surface area contributed by atoms with Crippen molar-refractivity contribution < 1.29 is 14.6 Å². The number of fused-ring (bicyclic) bond motifs is 1. The Hall–Kier alpha value is -2.75. The largest absolute Gasteiger partial charge is 0.481 e. The molecular formula is C16H13NO3. The van der Waals surface area contributed by atoms with E-state index in [-0.39, 0.29) is 5.57 Å². The molecule has 1 atom stereocenters. The molecule has 2 aromatic rings. The minimum atomic E-state index is -0.993. The number of anilines is 1. The number of rotatable bonds is 3. The standard InChI is InChI=1S/C16H13NO3/c18-16(19)13-10-17-14-9-5-4-8-12(14)15(13)20-11-6-2-1-3-7-11/h1-10,15,17H,(H,18,19). The molecule has 0 spiro atoms. The van der Waals surface area contributed by atoms with Gasteiger partial charge in [0.2, 0.25) is 0 Å². The summed E-state index contributed by atoms with van der Waals surface area (Å²) >= 11 is 0. The SMILES string of the molecule is O=C(O)C1=CNc2ccccc2C1Oc1ccccc1. The fraction of sp³-hybridized carbons (Fsp3) is 0.0625. The number of ether oxygens (including phenoxy) is 1. The summed E-state index contributed by atoms with van der Waals surface area (Å²) in [5.74, 6) is -0.353. The fourth-order valence-corrected chi connectivity index (χ4v) is 2.19. The molecule has 1 aliphatic heterocycles. The van der Waals surface area contributed by atoms with Crippen molar-refractivity contribution in [2.45, 2.75) is 6.10 Å². The van der Waals surface area contributed by atoms with Crippen LogP contribution in [0.1, 0.15) is 11.7 Å². The summed E-state index contributed by atoms with van der Waals surface area (Å²) in [5.41, 5.74) is 1.86. The quantitative estimate of drug-likeness (QED) is 0.896. The van der Waals surface area contributed by atoms with Gasteiger partial charge in [0, 0.05) is 17.5 Å². The smallest absolute Gasteiger partial charge is 0.337 e. The zero-order valence-electron chi connectivity index (χ0n) is 10.6. The van der Waals surface area contributed by atoms with Crippen LogP contribution in [0.5, 0.6) is 5.75 Å². The predicted octanol–water partition coefficient (Wildman–Crippen LogP) is 3.20. The van der Waals surface area contributed by atoms with Gasteiger partial charge in [-0.2, -0.15) is 0 Å². The molecule has 2 N–H and O–H groups in total. The Morgan fingerprint density at radius 2 is 1.75 bits per heavy atom. The zero-order valence-corrected chi connectivity index (χ0v) is 10.6. The number of benzene rings is 2. The summed E-state index contributed by atoms with van der Waals surface area (Å²) in [6.45, 7) is 0. The number of nitrogens with one attached hydrogen (secondary N) is 1. The summed E-state index contributed by atoms with van der Waals surface area (Å²) in [5, 5.41) is 12.3. The lowest BCUT2D eigenvalue weighted by Crippen LogP contribution is -2.22. The van der Waals surface area contributed by atoms with Crippen LogP contribution in [0.15, 0.2) is 66.4 Å². The number of carboxylic acids is 1. The van der Waals surface area contributed by atoms with E-state index in [9.17, 15) is 9.90 Å². The second kappa shape index (κ2) is 5.09. The van der Waals surface area contributed by atoms with Crippen molar-refractivity contribution in [3.63, 3.8) is 0 Å². The van der Waals surface area contributed by atoms with E-state index in [0.717, 1.165) is 11.3 Å². The molecule has 0 fully saturated rings. The first-order chi connectivity index (χ1) is 9.75. The van der Waals surface area contributed by atoms with Crippen molar-refractivity contribution in [2.24, 2.45) is 0 Å². The molecule has 100 valence electrons. The Morgan fingerprint density at radius 1 is 1.05 bits per heavy atom. The number of carbonyl (C=O) groups is 1. The van der Waals surface area contributed by atoms with Gasteiger partial charge in [-0.05, 0) is 18.2 Å². The van der Waals surface area contributed by atoms with Crippen molar-refractivity contribution in [3.05, 3.63) is 71.9 Å². The first kappa shape index (κ1) is 12.3. The number of hydrogen-bond donors (Lipinski definition) is 2. The van der Waals surface area contributed by atoms with Crippen LogP contribution in [0.3, 0.4) is 0 Å². The Bertz CT molecular complexity index is 664. The molecule has 0 amide bonds. The lowest BCUT2D eigenvalue weighted by Gasteiger charge is -2.26. The average Bonchev–Trinajstić information content (AvgIpc) is 2.48. The predicted molar refractivity (Wildman–Crippen MR) is 75.6 cm³/mol. The lowest BCUT2D eigenvalue weighted by molar-refractivity contribution is -0.133. The van der Waals surface area contributed by atoms with Crippen LogP contribution in [0.4, 0.5) is 5.69 Å². The van der Waals surface area contributed by atoms with Gasteiger partial charge >= 0.3 is 5.97 Å². The van der Waals surface area contributed by atoms with E-state index in [0.29, 0.717) is 5.75 Å². The molecule has 0 bridgehead atoms. The summed E-state index contributed by atoms with van der Waals surface area (Å²) < 4.78 is 5.87. The molecule has 20 heavy (non-hydrogen) atoms. The van der Waals surface area contributed by atoms with Crippen LogP contribution in [0.2, 0.25) is 0 Å². The minimum absolute atomic E-state index is 0.188. The molecule has 3 rings (SSSR count). The summed E-state index contributed by atoms with van der Waals surface area (Å²) in [6, 6.07) is 16.7. The minimum Gasteiger partial charge on any atom is -0.481 e. The van der Waals surface area contributed by atoms with Gasteiger partial charge in [0.15, 0.2) is 6.10 Å². The molecule has 0 aliphatic carbocycles. The van der Waals surface area contributed by atoms with Crippen molar-refractivity contribution in [1.29, 1.82) is 0 Å². The third kappa shape index (κ3) is 2.23. The first-order valence-electron chi connectivity index (χ1n) is 6.26. The van der Waals surface area contributed by atoms with Crippen molar-refractivity contribution >= 4 is 11.7 Å². The molecule has 1 unspecified atom stereocenters. The normalized spacial score (nSPS) is 16.6. The van der Waals surface area contributed by atoms with Gasteiger partial charge in [-0.1, -0.05) is 36.4 Å². The summed E-state index contributed by atoms with van der Waals surface area (Å²) in [4.78, 5) is 11.4. The third-order valence-corrected chi connectivity index (χ3v) is 3.15. The van der Waals surface area contributed by atoms with Crippen LogP contribution in [-0.4, -0.2) is 11.1 Å². The number of aliphatic carboxylic acids is 1. The molecule has 0 saturated carbocycles. The van der Waals surface area contributed by atoms with Gasteiger partial charge in [-0.25, -0.2) is 4.79 Å². The molecule has 0 aromatic heterocycles. The summed E-state index contributed by atoms with van der Waals surface area (Å²) in [7, 11) is 0. The Kier molecular flexibility index (Phi) is 3.13. The molecule has 1 aliphatic rings. The highest BCUT2D eigenvalue weighted by molar-refractivity contribution is 5.90. The van der Waals surface area contributed by atoms with Crippen LogP contribution in [-0.2, 0) is 4.79 Å². The van der Waals surface area contributed by atoms with Gasteiger partial charge in [-0.3, -0.25) is 0 Å². The highest BCUT2D eigenvalue weighted by atomic mass is 16.5. The van der Waals surface area contributed by atoms with Crippen LogP contribution in [0, 0.1) is 0 Å². The van der Waals surface area contributed by atoms with E-state index in [1.54, 1.807) is 0 Å². The number of carboxylic acid groups (broad SMARTS) is 1. The van der Waals surface area contributed by atoms with Crippen LogP contribution in [0.25, 0.3) is 0 Å². The molecule has 4 heteroatoms. The summed E-state index contributed by atoms with van der Waals surface area (Å²) in [6.07, 6.45) is 0.866. The van der Waals surface area contributed by atoms with Gasteiger partial charge in [0.05, 0.1) is 5.57 Å². The van der Waals surface area contributed by atoms with Gasteiger partial charge in [0.25, 0.3) is 0 Å². The topological polar surface area (TPSA) is 58.6 Å². The van der Waals surface area contributed by atoms with Crippen molar-refractivity contribution in [2.75, 3.05) is 5.32 Å². The maximum Gasteiger partial charge on any atom is 0.337 e. The van der Waals surface area contributed by atoms with Crippen LogP contribution < -0.4 is 10.1 Å². The molecule has 0 radical (unpaired) electrons. The molecule has 2 aromatic carbocycles. The van der Waals surface area contributed by atoms with E-state index in [1.807, 2.05) is 54.6 Å². The second-order valence-electron chi connectivity index (χ2n) is 4.45. The monoisotopic (exact) mass is 267 g/mol. The number of hydrogen-bond acceptors (Lipinski definition) is 3. The van der Waals surface area contributed by atoms with Gasteiger partial charge < -0.3 is 15.2 Å². The Labute approximate surface area is 116 Å². The fourth-order valence-electron chi connectivity index (χ4n) is 2.19. The van der Waals surface area contributed by atoms with E-state index in [1.165, 1.54) is 6.20 Å². The maximum absolute atomic E-state index is 11.4. The van der Waals surface area contributed by atoms with E-state index < -0.39 is 12.1 Å². The highest BCUT2D eigenvalue weighted by Gasteiger charge is 2.29. The molecule has 1 heterocycles. The first-order valence-corrected chi connectivity index (χ1v) is 6.26.